The second kappa shape index (κ2) is 6.17. The molecule has 5 heteroatoms. The van der Waals surface area contributed by atoms with Crippen LogP contribution in [0.1, 0.15) is 20.8 Å². The van der Waals surface area contributed by atoms with Gasteiger partial charge in [0.15, 0.2) is 0 Å². The van der Waals surface area contributed by atoms with E-state index in [0.717, 1.165) is 0 Å². The van der Waals surface area contributed by atoms with Crippen LogP contribution in [0.5, 0.6) is 0 Å². The van der Waals surface area contributed by atoms with Crippen molar-refractivity contribution < 1.29 is 4.79 Å². The van der Waals surface area contributed by atoms with Gasteiger partial charge in [-0.3, -0.25) is 4.79 Å². The fourth-order valence-electron chi connectivity index (χ4n) is 1.34. The van der Waals surface area contributed by atoms with Gasteiger partial charge in [0.2, 0.25) is 5.91 Å². The summed E-state index contributed by atoms with van der Waals surface area (Å²) in [6.07, 6.45) is 0. The Balaban J connectivity index is 2.67. The van der Waals surface area contributed by atoms with Crippen LogP contribution in [0.15, 0.2) is 18.2 Å². The van der Waals surface area contributed by atoms with Gasteiger partial charge in [-0.05, 0) is 30.4 Å². The van der Waals surface area contributed by atoms with Gasteiger partial charge in [-0.1, -0.05) is 25.4 Å². The van der Waals surface area contributed by atoms with Gasteiger partial charge in [0.1, 0.15) is 0 Å². The van der Waals surface area contributed by atoms with Crippen molar-refractivity contribution in [2.24, 2.45) is 0 Å². The number of benzene rings is 1. The van der Waals surface area contributed by atoms with E-state index in [1.807, 2.05) is 6.92 Å². The van der Waals surface area contributed by atoms with Gasteiger partial charge in [0.25, 0.3) is 0 Å². The number of nitrogens with one attached hydrogen (secondary N) is 1. The number of carbonyl (C=O) groups is 1. The smallest absolute Gasteiger partial charge is 0.237 e. The van der Waals surface area contributed by atoms with Crippen LogP contribution in [0.4, 0.5) is 11.4 Å². The minimum Gasteiger partial charge on any atom is -0.399 e. The molecule has 0 aliphatic heterocycles. The number of carbonyl (C=O) groups excluding carboxylic acids is 1. The van der Waals surface area contributed by atoms with Crippen molar-refractivity contribution in [3.8, 4) is 0 Å². The lowest BCUT2D eigenvalue weighted by Crippen LogP contribution is -2.23. The highest BCUT2D eigenvalue weighted by molar-refractivity contribution is 8.01. The van der Waals surface area contributed by atoms with Crippen LogP contribution >= 0.6 is 23.4 Å². The maximum absolute atomic E-state index is 11.9. The van der Waals surface area contributed by atoms with Crippen LogP contribution in [-0.2, 0) is 4.79 Å². The number of rotatable bonds is 4. The van der Waals surface area contributed by atoms with Crippen molar-refractivity contribution in [2.75, 3.05) is 11.1 Å². The molecule has 1 aromatic carbocycles. The Hall–Kier alpha value is -0.870. The first-order valence-electron chi connectivity index (χ1n) is 5.41. The summed E-state index contributed by atoms with van der Waals surface area (Å²) in [4.78, 5) is 11.9. The number of anilines is 2. The second-order valence-corrected chi connectivity index (χ2v) is 6.38. The van der Waals surface area contributed by atoms with Gasteiger partial charge < -0.3 is 11.1 Å². The lowest BCUT2D eigenvalue weighted by Gasteiger charge is -2.14. The molecule has 0 saturated heterocycles. The topological polar surface area (TPSA) is 55.1 Å². The Kier molecular flexibility index (Phi) is 5.15. The van der Waals surface area contributed by atoms with Gasteiger partial charge in [-0.25, -0.2) is 0 Å². The molecule has 1 atom stereocenters. The lowest BCUT2D eigenvalue weighted by molar-refractivity contribution is -0.115. The molecule has 0 aromatic heterocycles. The van der Waals surface area contributed by atoms with Crippen molar-refractivity contribution in [3.63, 3.8) is 0 Å². The third-order valence-corrected chi connectivity index (χ3v) is 3.58. The van der Waals surface area contributed by atoms with E-state index in [1.165, 1.54) is 0 Å². The predicted molar refractivity (Wildman–Crippen MR) is 76.7 cm³/mol. The van der Waals surface area contributed by atoms with Gasteiger partial charge in [0.05, 0.1) is 16.0 Å². The Morgan fingerprint density at radius 2 is 2.06 bits per heavy atom. The van der Waals surface area contributed by atoms with E-state index < -0.39 is 0 Å². The number of thioether (sulfide) groups is 1. The Labute approximate surface area is 111 Å². The van der Waals surface area contributed by atoms with Crippen LogP contribution in [0.25, 0.3) is 0 Å². The SMILES string of the molecule is CC(C)SC(C)C(=O)Nc1ccc(N)cc1Cl. The molecule has 0 aliphatic rings. The van der Waals surface area contributed by atoms with Crippen molar-refractivity contribution >= 4 is 40.6 Å². The molecule has 1 amide bonds. The number of hydrogen-bond donors (Lipinski definition) is 2. The zero-order valence-electron chi connectivity index (χ0n) is 10.2. The first-order valence-corrected chi connectivity index (χ1v) is 6.73. The summed E-state index contributed by atoms with van der Waals surface area (Å²) in [6, 6.07) is 5.04. The molecule has 0 fully saturated rings. The van der Waals surface area contributed by atoms with E-state index in [1.54, 1.807) is 30.0 Å². The van der Waals surface area contributed by atoms with E-state index in [4.69, 9.17) is 17.3 Å². The molecule has 0 aliphatic carbocycles. The van der Waals surface area contributed by atoms with Crippen LogP contribution in [0.3, 0.4) is 0 Å². The number of hydrogen-bond acceptors (Lipinski definition) is 3. The molecule has 3 nitrogen and oxygen atoms in total. The third kappa shape index (κ3) is 4.48. The van der Waals surface area contributed by atoms with Crippen LogP contribution in [0, 0.1) is 0 Å². The van der Waals surface area contributed by atoms with Crippen LogP contribution in [0.2, 0.25) is 5.02 Å². The van der Waals surface area contributed by atoms with Gasteiger partial charge in [0, 0.05) is 5.69 Å². The molecule has 3 N–H and O–H groups in total. The number of nitrogen functional groups attached to an aromatic ring is 1. The predicted octanol–water partition coefficient (Wildman–Crippen LogP) is 3.39. The van der Waals surface area contributed by atoms with Gasteiger partial charge in [-0.15, -0.1) is 11.8 Å². The van der Waals surface area contributed by atoms with E-state index in [9.17, 15) is 4.79 Å². The highest BCUT2D eigenvalue weighted by Gasteiger charge is 2.16. The van der Waals surface area contributed by atoms with Crippen LogP contribution in [-0.4, -0.2) is 16.4 Å². The molecule has 94 valence electrons. The Morgan fingerprint density at radius 3 is 2.59 bits per heavy atom. The van der Waals surface area contributed by atoms with Crippen molar-refractivity contribution in [1.29, 1.82) is 0 Å². The monoisotopic (exact) mass is 272 g/mol. The summed E-state index contributed by atoms with van der Waals surface area (Å²) in [6.45, 7) is 6.00. The summed E-state index contributed by atoms with van der Waals surface area (Å²) in [5.74, 6) is -0.0460. The maximum atomic E-state index is 11.9. The Morgan fingerprint density at radius 1 is 1.41 bits per heavy atom. The molecule has 1 unspecified atom stereocenters. The first-order chi connectivity index (χ1) is 7.90. The minimum absolute atomic E-state index is 0.0460. The zero-order chi connectivity index (χ0) is 13.0. The standard InChI is InChI=1S/C12H17ClN2OS/c1-7(2)17-8(3)12(16)15-11-5-4-9(14)6-10(11)13/h4-8H,14H2,1-3H3,(H,15,16). The van der Waals surface area contributed by atoms with Crippen molar-refractivity contribution in [2.45, 2.75) is 31.3 Å². The number of nitrogens with two attached hydrogens (primary N) is 1. The average molecular weight is 273 g/mol. The minimum atomic E-state index is -0.108. The molecule has 0 saturated carbocycles. The summed E-state index contributed by atoms with van der Waals surface area (Å²) in [5.41, 5.74) is 6.76. The lowest BCUT2D eigenvalue weighted by atomic mass is 10.2. The van der Waals surface area contributed by atoms with Crippen LogP contribution < -0.4 is 11.1 Å². The number of amides is 1. The zero-order valence-corrected chi connectivity index (χ0v) is 11.7. The molecule has 0 radical (unpaired) electrons. The maximum Gasteiger partial charge on any atom is 0.237 e. The third-order valence-electron chi connectivity index (χ3n) is 2.10. The van der Waals surface area contributed by atoms with E-state index >= 15 is 0 Å². The fraction of sp³-hybridized carbons (Fsp3) is 0.417. The molecular weight excluding hydrogens is 256 g/mol. The van der Waals surface area contributed by atoms with Crippen molar-refractivity contribution in [1.82, 2.24) is 0 Å². The normalized spacial score (nSPS) is 12.5. The van der Waals surface area contributed by atoms with E-state index in [2.05, 4.69) is 19.2 Å². The summed E-state index contributed by atoms with van der Waals surface area (Å²) in [7, 11) is 0. The quantitative estimate of drug-likeness (QED) is 0.826. The highest BCUT2D eigenvalue weighted by Crippen LogP contribution is 2.25. The molecule has 0 spiro atoms. The summed E-state index contributed by atoms with van der Waals surface area (Å²) in [5, 5.41) is 3.56. The average Bonchev–Trinajstić information content (AvgIpc) is 2.21. The molecule has 0 bridgehead atoms. The highest BCUT2D eigenvalue weighted by atomic mass is 35.5. The number of halogens is 1. The Bertz CT molecular complexity index is 409. The summed E-state index contributed by atoms with van der Waals surface area (Å²) >= 11 is 7.59. The molecule has 1 aromatic rings. The molecule has 1 rings (SSSR count). The molecular formula is C12H17ClN2OS. The van der Waals surface area contributed by atoms with E-state index in [-0.39, 0.29) is 11.2 Å². The van der Waals surface area contributed by atoms with Gasteiger partial charge >= 0.3 is 0 Å². The van der Waals surface area contributed by atoms with Crippen molar-refractivity contribution in [3.05, 3.63) is 23.2 Å². The summed E-state index contributed by atoms with van der Waals surface area (Å²) < 4.78 is 0. The largest absolute Gasteiger partial charge is 0.399 e. The molecule has 17 heavy (non-hydrogen) atoms. The first kappa shape index (κ1) is 14.2. The second-order valence-electron chi connectivity index (χ2n) is 4.06. The fourth-order valence-corrected chi connectivity index (χ4v) is 2.57. The molecule has 0 heterocycles. The van der Waals surface area contributed by atoms with Gasteiger partial charge in [-0.2, -0.15) is 0 Å². The van der Waals surface area contributed by atoms with E-state index in [0.29, 0.717) is 21.6 Å².